The van der Waals surface area contributed by atoms with E-state index in [1.165, 1.54) is 33.4 Å². The fourth-order valence-electron chi connectivity index (χ4n) is 6.89. The molecule has 0 saturated carbocycles. The van der Waals surface area contributed by atoms with Crippen molar-refractivity contribution in [1.29, 1.82) is 0 Å². The number of hydrogen-bond acceptors (Lipinski definition) is 3. The van der Waals surface area contributed by atoms with Crippen molar-refractivity contribution in [1.82, 2.24) is 0 Å². The summed E-state index contributed by atoms with van der Waals surface area (Å²) in [6.07, 6.45) is 0. The van der Waals surface area contributed by atoms with E-state index in [4.69, 9.17) is 4.65 Å². The van der Waals surface area contributed by atoms with Gasteiger partial charge in [0.25, 0.3) is 0 Å². The third-order valence-corrected chi connectivity index (χ3v) is 10.6. The van der Waals surface area contributed by atoms with Gasteiger partial charge in [0.05, 0.1) is 11.2 Å². The Hall–Kier alpha value is -4.90. The van der Waals surface area contributed by atoms with Crippen molar-refractivity contribution in [3.8, 4) is 33.4 Å². The number of nitrogens with zero attached hydrogens (tertiary/aromatic N) is 1. The van der Waals surface area contributed by atoms with Gasteiger partial charge in [0.15, 0.2) is 0 Å². The molecule has 0 aromatic heterocycles. The smallest absolute Gasteiger partial charge is 0.310 e. The maximum absolute atomic E-state index is 10.7. The summed E-state index contributed by atoms with van der Waals surface area (Å²) in [6.45, 7) is 12.1. The minimum absolute atomic E-state index is 0.109. The monoisotopic (exact) mass is 641 g/mol. The third kappa shape index (κ3) is 6.12. The van der Waals surface area contributed by atoms with Crippen molar-refractivity contribution >= 4 is 30.0 Å². The Kier molecular flexibility index (Phi) is 8.34. The molecule has 0 unspecified atom stereocenters. The first kappa shape index (κ1) is 32.6. The molecule has 6 aromatic carbocycles. The zero-order valence-corrected chi connectivity index (χ0v) is 29.4. The lowest BCUT2D eigenvalue weighted by molar-refractivity contribution is -0.0893. The van der Waals surface area contributed by atoms with E-state index >= 15 is 0 Å². The lowest BCUT2D eigenvalue weighted by Crippen LogP contribution is -2.49. The summed E-state index contributed by atoms with van der Waals surface area (Å²) in [5.74, 6) is 0. The molecule has 4 heteroatoms. The van der Waals surface area contributed by atoms with Gasteiger partial charge in [-0.1, -0.05) is 123 Å². The van der Waals surface area contributed by atoms with Gasteiger partial charge in [-0.15, -0.1) is 0 Å². The normalized spacial score (nSPS) is 13.4. The molecule has 0 amide bonds. The molecule has 0 atom stereocenters. The molecule has 0 heterocycles. The summed E-state index contributed by atoms with van der Waals surface area (Å²) in [4.78, 5) is 2.37. The Morgan fingerprint density at radius 2 is 1.10 bits per heavy atom. The Labute approximate surface area is 292 Å². The highest BCUT2D eigenvalue weighted by molar-refractivity contribution is 6.49. The second-order valence-corrected chi connectivity index (χ2v) is 14.7. The fraction of sp³-hybridized carbons (Fsp3) is 0.200. The van der Waals surface area contributed by atoms with Gasteiger partial charge in [-0.25, -0.2) is 0 Å². The fourth-order valence-corrected chi connectivity index (χ4v) is 6.89. The van der Waals surface area contributed by atoms with Gasteiger partial charge in [-0.2, -0.15) is 0 Å². The molecular weight excluding hydrogens is 597 g/mol. The van der Waals surface area contributed by atoms with Gasteiger partial charge < -0.3 is 14.7 Å². The number of fused-ring (bicyclic) bond motifs is 3. The van der Waals surface area contributed by atoms with Crippen LogP contribution in [0.5, 0.6) is 0 Å². The van der Waals surface area contributed by atoms with Gasteiger partial charge >= 0.3 is 7.48 Å². The number of rotatable bonds is 9. The Morgan fingerprint density at radius 1 is 0.531 bits per heavy atom. The van der Waals surface area contributed by atoms with Crippen LogP contribution in [0, 0.1) is 0 Å². The molecule has 1 N–H and O–H groups in total. The van der Waals surface area contributed by atoms with Crippen LogP contribution in [-0.2, 0) is 10.1 Å². The average molecular weight is 642 g/mol. The zero-order chi connectivity index (χ0) is 34.4. The molecule has 0 saturated heterocycles. The van der Waals surface area contributed by atoms with Crippen molar-refractivity contribution in [2.45, 2.75) is 58.2 Å². The van der Waals surface area contributed by atoms with E-state index in [0.29, 0.717) is 7.48 Å². The predicted molar refractivity (Wildman–Crippen MR) is 208 cm³/mol. The van der Waals surface area contributed by atoms with E-state index in [0.717, 1.165) is 33.7 Å². The maximum atomic E-state index is 10.7. The Bertz CT molecular complexity index is 2110. The predicted octanol–water partition coefficient (Wildman–Crippen LogP) is 10.3. The van der Waals surface area contributed by atoms with Crippen molar-refractivity contribution in [3.05, 3.63) is 157 Å². The summed E-state index contributed by atoms with van der Waals surface area (Å²) in [7, 11) is 0.391. The van der Waals surface area contributed by atoms with Gasteiger partial charge in [0.1, 0.15) is 0 Å². The number of anilines is 3. The molecule has 1 aliphatic rings. The lowest BCUT2D eigenvalue weighted by Gasteiger charge is -2.37. The van der Waals surface area contributed by atoms with Crippen molar-refractivity contribution in [2.24, 2.45) is 0 Å². The molecule has 49 heavy (non-hydrogen) atoms. The first-order chi connectivity index (χ1) is 23.4. The molecule has 1 aliphatic carbocycles. The van der Waals surface area contributed by atoms with E-state index in [-0.39, 0.29) is 5.41 Å². The second-order valence-electron chi connectivity index (χ2n) is 14.7. The molecule has 0 radical (unpaired) electrons. The summed E-state index contributed by atoms with van der Waals surface area (Å²) < 4.78 is 6.33. The van der Waals surface area contributed by atoms with Crippen LogP contribution in [0.3, 0.4) is 0 Å². The van der Waals surface area contributed by atoms with E-state index in [9.17, 15) is 5.11 Å². The highest BCUT2D eigenvalue weighted by Crippen LogP contribution is 2.50. The molecule has 0 aliphatic heterocycles. The van der Waals surface area contributed by atoms with Crippen LogP contribution in [0.1, 0.15) is 52.7 Å². The average Bonchev–Trinajstić information content (AvgIpc) is 3.34. The van der Waals surface area contributed by atoms with Gasteiger partial charge in [-0.05, 0) is 114 Å². The van der Waals surface area contributed by atoms with Crippen LogP contribution in [0.15, 0.2) is 146 Å². The highest BCUT2D eigenvalue weighted by atomic mass is 16.5. The molecule has 3 nitrogen and oxygen atoms in total. The van der Waals surface area contributed by atoms with Gasteiger partial charge in [-0.3, -0.25) is 0 Å². The summed E-state index contributed by atoms with van der Waals surface area (Å²) in [5, 5.41) is 10.7. The summed E-state index contributed by atoms with van der Waals surface area (Å²) in [5.41, 5.74) is 12.5. The Balaban J connectivity index is 1.32. The van der Waals surface area contributed by atoms with E-state index in [1.807, 2.05) is 19.9 Å². The minimum Gasteiger partial charge on any atom is -0.427 e. The minimum atomic E-state index is -0.982. The van der Waals surface area contributed by atoms with Gasteiger partial charge in [0, 0.05) is 22.5 Å². The first-order valence-electron chi connectivity index (χ1n) is 17.2. The number of benzene rings is 6. The van der Waals surface area contributed by atoms with Crippen molar-refractivity contribution < 1.29 is 9.76 Å². The molecule has 0 bridgehead atoms. The van der Waals surface area contributed by atoms with E-state index in [1.54, 1.807) is 13.8 Å². The van der Waals surface area contributed by atoms with Crippen LogP contribution in [-0.4, -0.2) is 23.8 Å². The van der Waals surface area contributed by atoms with Crippen LogP contribution in [0.25, 0.3) is 33.4 Å². The lowest BCUT2D eigenvalue weighted by atomic mass is 9.79. The van der Waals surface area contributed by atoms with Crippen LogP contribution >= 0.6 is 0 Å². The van der Waals surface area contributed by atoms with Crippen molar-refractivity contribution in [3.63, 3.8) is 0 Å². The Morgan fingerprint density at radius 3 is 1.84 bits per heavy atom. The molecule has 0 fully saturated rings. The first-order valence-corrected chi connectivity index (χ1v) is 17.2. The molecular formula is C45H44BNO2. The van der Waals surface area contributed by atoms with Crippen LogP contribution in [0.2, 0.25) is 0 Å². The topological polar surface area (TPSA) is 32.7 Å². The van der Waals surface area contributed by atoms with Crippen molar-refractivity contribution in [2.75, 3.05) is 4.90 Å². The van der Waals surface area contributed by atoms with E-state index < -0.39 is 11.2 Å². The quantitative estimate of drug-likeness (QED) is 0.160. The molecule has 0 spiro atoms. The standard InChI is InChI=1S/C45H44BNO2/c1-43(2)40-21-12-10-20-38(40)39-28-27-36(30-41(39)43)47(34-25-23-32(24-26-34)31-15-8-7-9-16-31)35-18-14-17-33(29-35)37-19-11-13-22-42(37)46-49-45(5,6)44(3,4)48/h7-30,46,48H,1-6H3. The number of hydrogen-bond donors (Lipinski definition) is 1. The van der Waals surface area contributed by atoms with Crippen LogP contribution in [0.4, 0.5) is 17.1 Å². The third-order valence-electron chi connectivity index (χ3n) is 10.6. The largest absolute Gasteiger partial charge is 0.427 e. The zero-order valence-electron chi connectivity index (χ0n) is 29.4. The summed E-state index contributed by atoms with van der Waals surface area (Å²) >= 11 is 0. The number of aliphatic hydroxyl groups is 1. The SMILES string of the molecule is CC1(C)c2ccccc2-c2ccc(N(c3ccc(-c4ccccc4)cc3)c3cccc(-c4ccccc4BOC(C)(C)C(C)(C)O)c3)cc21. The molecule has 6 aromatic rings. The maximum Gasteiger partial charge on any atom is 0.310 e. The second kappa shape index (κ2) is 12.5. The summed E-state index contributed by atoms with van der Waals surface area (Å²) in [6, 6.07) is 52.3. The highest BCUT2D eigenvalue weighted by Gasteiger charge is 2.37. The molecule has 244 valence electrons. The molecule has 7 rings (SSSR count). The van der Waals surface area contributed by atoms with Crippen LogP contribution < -0.4 is 10.4 Å². The van der Waals surface area contributed by atoms with Gasteiger partial charge in [0.2, 0.25) is 0 Å². The van der Waals surface area contributed by atoms with E-state index in [2.05, 4.69) is 158 Å².